The Morgan fingerprint density at radius 3 is 2.75 bits per heavy atom. The molecule has 0 aliphatic heterocycles. The number of rotatable bonds is 5. The number of benzene rings is 1. The summed E-state index contributed by atoms with van der Waals surface area (Å²) in [6, 6.07) is 5.77. The van der Waals surface area contributed by atoms with E-state index >= 15 is 0 Å². The van der Waals surface area contributed by atoms with E-state index < -0.39 is 0 Å². The number of aryl methyl sites for hydroxylation is 1. The zero-order chi connectivity index (χ0) is 12.1. The van der Waals surface area contributed by atoms with Crippen LogP contribution in [0.3, 0.4) is 0 Å². The smallest absolute Gasteiger partial charge is 0.172 e. The normalized spacial score (nSPS) is 12.2. The van der Waals surface area contributed by atoms with Crippen molar-refractivity contribution in [2.75, 3.05) is 6.61 Å². The molecule has 16 heavy (non-hydrogen) atoms. The second-order valence-corrected chi connectivity index (χ2v) is 4.89. The fraction of sp³-hybridized carbons (Fsp3) is 0.462. The summed E-state index contributed by atoms with van der Waals surface area (Å²) in [5, 5.41) is 0. The highest BCUT2D eigenvalue weighted by molar-refractivity contribution is 9.10. The van der Waals surface area contributed by atoms with Crippen LogP contribution in [0.15, 0.2) is 22.7 Å². The number of carbonyl (C=O) groups excluding carboxylic acids is 1. The molecule has 3 heteroatoms. The molecule has 0 N–H and O–H groups in total. The van der Waals surface area contributed by atoms with Gasteiger partial charge in [0.25, 0.3) is 0 Å². The highest BCUT2D eigenvalue weighted by atomic mass is 79.9. The first kappa shape index (κ1) is 13.2. The van der Waals surface area contributed by atoms with Crippen LogP contribution >= 0.6 is 15.9 Å². The van der Waals surface area contributed by atoms with Gasteiger partial charge in [0.1, 0.15) is 12.4 Å². The molecule has 1 unspecified atom stereocenters. The predicted molar refractivity (Wildman–Crippen MR) is 68.8 cm³/mol. The molecule has 0 heterocycles. The van der Waals surface area contributed by atoms with Gasteiger partial charge in [-0.05, 0) is 37.1 Å². The van der Waals surface area contributed by atoms with Crippen LogP contribution in [0, 0.1) is 12.8 Å². The summed E-state index contributed by atoms with van der Waals surface area (Å²) in [5.41, 5.74) is 1.03. The monoisotopic (exact) mass is 284 g/mol. The van der Waals surface area contributed by atoms with Gasteiger partial charge >= 0.3 is 0 Å². The first-order chi connectivity index (χ1) is 7.54. The van der Waals surface area contributed by atoms with Crippen molar-refractivity contribution < 1.29 is 9.53 Å². The number of hydrogen-bond acceptors (Lipinski definition) is 2. The topological polar surface area (TPSA) is 26.3 Å². The molecule has 0 saturated heterocycles. The van der Waals surface area contributed by atoms with Crippen molar-refractivity contribution in [3.63, 3.8) is 0 Å². The molecule has 0 radical (unpaired) electrons. The highest BCUT2D eigenvalue weighted by Crippen LogP contribution is 2.22. The van der Waals surface area contributed by atoms with E-state index in [4.69, 9.17) is 4.74 Å². The number of hydrogen-bond donors (Lipinski definition) is 0. The fourth-order valence-electron chi connectivity index (χ4n) is 1.29. The van der Waals surface area contributed by atoms with Gasteiger partial charge in [-0.2, -0.15) is 0 Å². The molecular weight excluding hydrogens is 268 g/mol. The fourth-order valence-corrected chi connectivity index (χ4v) is 1.77. The third-order valence-corrected chi connectivity index (χ3v) is 3.16. The lowest BCUT2D eigenvalue weighted by atomic mass is 10.0. The summed E-state index contributed by atoms with van der Waals surface area (Å²) in [6.07, 6.45) is 0.863. The number of Topliss-reactive ketones (excluding diaryl/α,β-unsaturated/α-hetero) is 1. The number of ether oxygens (including phenoxy) is 1. The molecule has 0 aliphatic carbocycles. The van der Waals surface area contributed by atoms with Gasteiger partial charge in [-0.3, -0.25) is 4.79 Å². The molecule has 0 aliphatic rings. The maximum atomic E-state index is 11.6. The molecule has 1 aromatic carbocycles. The third kappa shape index (κ3) is 3.63. The van der Waals surface area contributed by atoms with Crippen LogP contribution in [0.2, 0.25) is 0 Å². The standard InChI is InChI=1S/C13H17BrO2/c1-4-9(2)12(15)8-16-13-6-5-11(14)7-10(13)3/h5-7,9H,4,8H2,1-3H3. The van der Waals surface area contributed by atoms with Crippen molar-refractivity contribution in [1.29, 1.82) is 0 Å². The van der Waals surface area contributed by atoms with E-state index in [1.807, 2.05) is 39.0 Å². The molecule has 0 saturated carbocycles. The molecule has 0 fully saturated rings. The van der Waals surface area contributed by atoms with Crippen LogP contribution in [0.25, 0.3) is 0 Å². The molecule has 2 nitrogen and oxygen atoms in total. The van der Waals surface area contributed by atoms with Gasteiger partial charge in [-0.15, -0.1) is 0 Å². The van der Waals surface area contributed by atoms with Crippen LogP contribution in [0.5, 0.6) is 5.75 Å². The molecule has 0 spiro atoms. The van der Waals surface area contributed by atoms with Gasteiger partial charge in [-0.1, -0.05) is 29.8 Å². The van der Waals surface area contributed by atoms with E-state index in [1.54, 1.807) is 0 Å². The van der Waals surface area contributed by atoms with Gasteiger partial charge in [-0.25, -0.2) is 0 Å². The number of halogens is 1. The van der Waals surface area contributed by atoms with E-state index in [0.29, 0.717) is 0 Å². The van der Waals surface area contributed by atoms with Crippen molar-refractivity contribution >= 4 is 21.7 Å². The Labute approximate surface area is 105 Å². The van der Waals surface area contributed by atoms with Crippen molar-refractivity contribution in [3.8, 4) is 5.75 Å². The summed E-state index contributed by atoms with van der Waals surface area (Å²) >= 11 is 3.39. The average molecular weight is 285 g/mol. The summed E-state index contributed by atoms with van der Waals surface area (Å²) in [5.74, 6) is 1.01. The van der Waals surface area contributed by atoms with Gasteiger partial charge in [0.2, 0.25) is 0 Å². The number of carbonyl (C=O) groups is 1. The van der Waals surface area contributed by atoms with Crippen molar-refractivity contribution in [1.82, 2.24) is 0 Å². The zero-order valence-corrected chi connectivity index (χ0v) is 11.5. The maximum absolute atomic E-state index is 11.6. The van der Waals surface area contributed by atoms with Crippen molar-refractivity contribution in [2.45, 2.75) is 27.2 Å². The SMILES string of the molecule is CCC(C)C(=O)COc1ccc(Br)cc1C. The molecule has 0 bridgehead atoms. The Morgan fingerprint density at radius 1 is 1.50 bits per heavy atom. The highest BCUT2D eigenvalue weighted by Gasteiger charge is 2.11. The van der Waals surface area contributed by atoms with Crippen molar-refractivity contribution in [2.24, 2.45) is 5.92 Å². The van der Waals surface area contributed by atoms with Crippen LogP contribution in [0.4, 0.5) is 0 Å². The lowest BCUT2D eigenvalue weighted by Crippen LogP contribution is -2.18. The molecule has 0 amide bonds. The molecule has 88 valence electrons. The van der Waals surface area contributed by atoms with Crippen LogP contribution < -0.4 is 4.74 Å². The van der Waals surface area contributed by atoms with Crippen molar-refractivity contribution in [3.05, 3.63) is 28.2 Å². The first-order valence-electron chi connectivity index (χ1n) is 5.46. The Kier molecular flexibility index (Phi) is 5.00. The molecule has 1 aromatic rings. The summed E-state index contributed by atoms with van der Waals surface area (Å²) in [6.45, 7) is 6.07. The second-order valence-electron chi connectivity index (χ2n) is 3.97. The molecule has 1 rings (SSSR count). The van der Waals surface area contributed by atoms with E-state index in [9.17, 15) is 4.79 Å². The zero-order valence-electron chi connectivity index (χ0n) is 9.92. The minimum absolute atomic E-state index is 0.0794. The summed E-state index contributed by atoms with van der Waals surface area (Å²) in [4.78, 5) is 11.6. The molecule has 0 aromatic heterocycles. The Balaban J connectivity index is 2.58. The van der Waals surface area contributed by atoms with E-state index in [1.165, 1.54) is 0 Å². The molecular formula is C13H17BrO2. The Bertz CT molecular complexity index is 374. The van der Waals surface area contributed by atoms with Crippen LogP contribution in [-0.2, 0) is 4.79 Å². The van der Waals surface area contributed by atoms with Crippen LogP contribution in [-0.4, -0.2) is 12.4 Å². The maximum Gasteiger partial charge on any atom is 0.172 e. The average Bonchev–Trinajstić information content (AvgIpc) is 2.26. The minimum atomic E-state index is 0.0794. The quantitative estimate of drug-likeness (QED) is 0.823. The van der Waals surface area contributed by atoms with Gasteiger partial charge < -0.3 is 4.74 Å². The van der Waals surface area contributed by atoms with Gasteiger partial charge in [0, 0.05) is 10.4 Å². The van der Waals surface area contributed by atoms with Gasteiger partial charge in [0.05, 0.1) is 0 Å². The minimum Gasteiger partial charge on any atom is -0.486 e. The Morgan fingerprint density at radius 2 is 2.19 bits per heavy atom. The first-order valence-corrected chi connectivity index (χ1v) is 6.25. The van der Waals surface area contributed by atoms with E-state index in [0.717, 1.165) is 22.2 Å². The Hall–Kier alpha value is -0.830. The predicted octanol–water partition coefficient (Wildman–Crippen LogP) is 3.75. The third-order valence-electron chi connectivity index (χ3n) is 2.67. The number of ketones is 1. The summed E-state index contributed by atoms with van der Waals surface area (Å²) < 4.78 is 6.53. The van der Waals surface area contributed by atoms with E-state index in [-0.39, 0.29) is 18.3 Å². The molecule has 1 atom stereocenters. The lowest BCUT2D eigenvalue weighted by Gasteiger charge is -2.11. The lowest BCUT2D eigenvalue weighted by molar-refractivity contribution is -0.124. The second kappa shape index (κ2) is 6.04. The van der Waals surface area contributed by atoms with Crippen LogP contribution in [0.1, 0.15) is 25.8 Å². The van der Waals surface area contributed by atoms with E-state index in [2.05, 4.69) is 15.9 Å². The largest absolute Gasteiger partial charge is 0.486 e. The van der Waals surface area contributed by atoms with Gasteiger partial charge in [0.15, 0.2) is 5.78 Å². The summed E-state index contributed by atoms with van der Waals surface area (Å²) in [7, 11) is 0.